The highest BCUT2D eigenvalue weighted by Crippen LogP contribution is 2.40. The average molecular weight is 422 g/mol. The second-order valence-corrected chi connectivity index (χ2v) is 8.74. The predicted molar refractivity (Wildman–Crippen MR) is 127 cm³/mol. The molecule has 158 valence electrons. The van der Waals surface area contributed by atoms with Crippen LogP contribution in [-0.4, -0.2) is 9.78 Å². The van der Waals surface area contributed by atoms with E-state index in [4.69, 9.17) is 10.2 Å². The fraction of sp³-hybridized carbons (Fsp3) is 0.185. The van der Waals surface area contributed by atoms with Crippen LogP contribution in [0.1, 0.15) is 24.8 Å². The number of nitrogens with two attached hydrogens (primary N) is 1. The Kier molecular flexibility index (Phi) is 4.10. The third-order valence-electron chi connectivity index (χ3n) is 6.79. The molecule has 0 radical (unpaired) electrons. The zero-order valence-corrected chi connectivity index (χ0v) is 17.8. The molecule has 2 heterocycles. The van der Waals surface area contributed by atoms with Crippen molar-refractivity contribution in [3.05, 3.63) is 88.7 Å². The molecule has 5 heteroatoms. The Morgan fingerprint density at radius 2 is 1.72 bits per heavy atom. The number of hydrogen-bond donors (Lipinski definition) is 1. The van der Waals surface area contributed by atoms with E-state index in [1.54, 1.807) is 10.9 Å². The molecule has 6 rings (SSSR count). The number of rotatable bonds is 3. The second-order valence-electron chi connectivity index (χ2n) is 8.74. The zero-order chi connectivity index (χ0) is 21.9. The first kappa shape index (κ1) is 19.0. The van der Waals surface area contributed by atoms with Crippen LogP contribution in [-0.2, 0) is 12.6 Å². The van der Waals surface area contributed by atoms with Gasteiger partial charge in [0.1, 0.15) is 11.3 Å². The van der Waals surface area contributed by atoms with Gasteiger partial charge >= 0.3 is 0 Å². The minimum Gasteiger partial charge on any atom is -0.453 e. The van der Waals surface area contributed by atoms with Crippen LogP contribution in [0.15, 0.2) is 82.1 Å². The van der Waals surface area contributed by atoms with Crippen molar-refractivity contribution in [2.45, 2.75) is 24.8 Å². The van der Waals surface area contributed by atoms with Crippen LogP contribution in [0.3, 0.4) is 0 Å². The number of hydrogen-bond acceptors (Lipinski definition) is 4. The summed E-state index contributed by atoms with van der Waals surface area (Å²) in [6, 6.07) is 21.6. The van der Waals surface area contributed by atoms with Crippen LogP contribution in [0, 0.1) is 0 Å². The van der Waals surface area contributed by atoms with Gasteiger partial charge in [0, 0.05) is 23.5 Å². The number of nitrogens with zero attached hydrogens (tertiary/aromatic N) is 2. The number of benzene rings is 3. The number of fused-ring (bicyclic) bond motifs is 3. The molecule has 5 aromatic rings. The Hall–Kier alpha value is -3.70. The Morgan fingerprint density at radius 1 is 0.969 bits per heavy atom. The van der Waals surface area contributed by atoms with Crippen molar-refractivity contribution in [3.63, 3.8) is 0 Å². The van der Waals surface area contributed by atoms with Gasteiger partial charge in [-0.15, -0.1) is 0 Å². The van der Waals surface area contributed by atoms with Crippen LogP contribution in [0.5, 0.6) is 0 Å². The fourth-order valence-electron chi connectivity index (χ4n) is 4.77. The molecule has 0 aliphatic heterocycles. The molecule has 5 nitrogen and oxygen atoms in total. The minimum absolute atomic E-state index is 0.0490. The highest BCUT2D eigenvalue weighted by molar-refractivity contribution is 6.04. The SMILES string of the molecule is Cn1ncc2ccc3c(=O)c(-c4ccc(C5(N)CCC5)cc4)c(-c4ccccc4)oc3c21. The lowest BCUT2D eigenvalue weighted by Gasteiger charge is -2.38. The summed E-state index contributed by atoms with van der Waals surface area (Å²) in [7, 11) is 1.86. The normalized spacial score (nSPS) is 15.2. The molecule has 1 fully saturated rings. The lowest BCUT2D eigenvalue weighted by atomic mass is 9.72. The molecule has 2 aromatic heterocycles. The molecule has 1 saturated carbocycles. The van der Waals surface area contributed by atoms with Gasteiger partial charge in [-0.25, -0.2) is 0 Å². The Morgan fingerprint density at radius 3 is 2.41 bits per heavy atom. The molecule has 32 heavy (non-hydrogen) atoms. The lowest BCUT2D eigenvalue weighted by Crippen LogP contribution is -2.43. The molecule has 0 saturated heterocycles. The van der Waals surface area contributed by atoms with Gasteiger partial charge in [-0.05, 0) is 36.5 Å². The summed E-state index contributed by atoms with van der Waals surface area (Å²) in [5.41, 5.74) is 11.0. The van der Waals surface area contributed by atoms with Gasteiger partial charge in [0.25, 0.3) is 0 Å². The van der Waals surface area contributed by atoms with Crippen molar-refractivity contribution in [1.29, 1.82) is 0 Å². The van der Waals surface area contributed by atoms with Gasteiger partial charge in [-0.2, -0.15) is 5.10 Å². The maximum absolute atomic E-state index is 13.8. The Labute approximate surface area is 185 Å². The van der Waals surface area contributed by atoms with E-state index in [0.29, 0.717) is 22.3 Å². The van der Waals surface area contributed by atoms with Gasteiger partial charge in [0.15, 0.2) is 5.58 Å². The highest BCUT2D eigenvalue weighted by atomic mass is 16.3. The highest BCUT2D eigenvalue weighted by Gasteiger charge is 2.34. The zero-order valence-electron chi connectivity index (χ0n) is 17.8. The van der Waals surface area contributed by atoms with E-state index in [0.717, 1.165) is 46.9 Å². The average Bonchev–Trinajstić information content (AvgIpc) is 3.19. The molecule has 1 aliphatic rings. The molecule has 0 unspecified atom stereocenters. The molecular formula is C27H23N3O2. The van der Waals surface area contributed by atoms with Crippen LogP contribution in [0.2, 0.25) is 0 Å². The largest absolute Gasteiger partial charge is 0.453 e. The van der Waals surface area contributed by atoms with Gasteiger partial charge in [0.05, 0.1) is 17.1 Å². The molecule has 0 bridgehead atoms. The maximum atomic E-state index is 13.8. The second kappa shape index (κ2) is 6.90. The third-order valence-corrected chi connectivity index (χ3v) is 6.79. The molecule has 2 N–H and O–H groups in total. The van der Waals surface area contributed by atoms with E-state index in [-0.39, 0.29) is 11.0 Å². The van der Waals surface area contributed by atoms with Crippen LogP contribution >= 0.6 is 0 Å². The summed E-state index contributed by atoms with van der Waals surface area (Å²) < 4.78 is 8.26. The van der Waals surface area contributed by atoms with Gasteiger partial charge < -0.3 is 10.2 Å². The van der Waals surface area contributed by atoms with Crippen molar-refractivity contribution in [2.24, 2.45) is 12.8 Å². The van der Waals surface area contributed by atoms with Gasteiger partial charge in [-0.3, -0.25) is 9.48 Å². The quantitative estimate of drug-likeness (QED) is 0.426. The van der Waals surface area contributed by atoms with E-state index >= 15 is 0 Å². The van der Waals surface area contributed by atoms with Crippen molar-refractivity contribution in [2.75, 3.05) is 0 Å². The fourth-order valence-corrected chi connectivity index (χ4v) is 4.77. The summed E-state index contributed by atoms with van der Waals surface area (Å²) in [6.07, 6.45) is 4.95. The topological polar surface area (TPSA) is 74.0 Å². The van der Waals surface area contributed by atoms with Gasteiger partial charge in [-0.1, -0.05) is 60.7 Å². The first-order chi connectivity index (χ1) is 15.5. The molecule has 3 aromatic carbocycles. The number of aryl methyl sites for hydroxylation is 1. The maximum Gasteiger partial charge on any atom is 0.201 e. The smallest absolute Gasteiger partial charge is 0.201 e. The van der Waals surface area contributed by atoms with E-state index in [1.165, 1.54) is 0 Å². The molecule has 0 spiro atoms. The standard InChI is InChI=1S/C27H23N3O2/c1-30-23-19(16-29-30)10-13-21-24(31)22(25(32-26(21)23)18-6-3-2-4-7-18)17-8-11-20(12-9-17)27(28)14-5-15-27/h2-4,6-13,16H,5,14-15,28H2,1H3. The Balaban J connectivity index is 1.65. The molecule has 1 aliphatic carbocycles. The van der Waals surface area contributed by atoms with Crippen molar-refractivity contribution < 1.29 is 4.42 Å². The predicted octanol–water partition coefficient (Wildman–Crippen LogP) is 5.35. The molecule has 0 atom stereocenters. The lowest BCUT2D eigenvalue weighted by molar-refractivity contribution is 0.253. The minimum atomic E-state index is -0.236. The van der Waals surface area contributed by atoms with Gasteiger partial charge in [0.2, 0.25) is 5.43 Å². The molecular weight excluding hydrogens is 398 g/mol. The van der Waals surface area contributed by atoms with Crippen LogP contribution in [0.4, 0.5) is 0 Å². The summed E-state index contributed by atoms with van der Waals surface area (Å²) in [6.45, 7) is 0. The monoisotopic (exact) mass is 421 g/mol. The van der Waals surface area contributed by atoms with E-state index < -0.39 is 0 Å². The van der Waals surface area contributed by atoms with Crippen LogP contribution < -0.4 is 11.2 Å². The third kappa shape index (κ3) is 2.75. The molecule has 0 amide bonds. The number of aromatic nitrogens is 2. The van der Waals surface area contributed by atoms with Crippen LogP contribution in [0.25, 0.3) is 44.3 Å². The van der Waals surface area contributed by atoms with E-state index in [1.807, 2.05) is 61.6 Å². The first-order valence-corrected chi connectivity index (χ1v) is 10.9. The summed E-state index contributed by atoms with van der Waals surface area (Å²) >= 11 is 0. The van der Waals surface area contributed by atoms with E-state index in [9.17, 15) is 4.79 Å². The first-order valence-electron chi connectivity index (χ1n) is 10.9. The summed E-state index contributed by atoms with van der Waals surface area (Å²) in [5, 5.41) is 5.84. The van der Waals surface area contributed by atoms with Crippen molar-refractivity contribution >= 4 is 21.9 Å². The Bertz CT molecular complexity index is 1530. The van der Waals surface area contributed by atoms with E-state index in [2.05, 4.69) is 17.2 Å². The van der Waals surface area contributed by atoms with Crippen molar-refractivity contribution in [3.8, 4) is 22.5 Å². The van der Waals surface area contributed by atoms with Crippen molar-refractivity contribution in [1.82, 2.24) is 9.78 Å². The summed E-state index contributed by atoms with van der Waals surface area (Å²) in [5.74, 6) is 0.565. The summed E-state index contributed by atoms with van der Waals surface area (Å²) in [4.78, 5) is 13.8.